The van der Waals surface area contributed by atoms with Crippen LogP contribution in [-0.2, 0) is 6.54 Å². The zero-order valence-electron chi connectivity index (χ0n) is 10.9. The van der Waals surface area contributed by atoms with Gasteiger partial charge < -0.3 is 9.84 Å². The van der Waals surface area contributed by atoms with Crippen LogP contribution in [0.25, 0.3) is 0 Å². The van der Waals surface area contributed by atoms with Crippen molar-refractivity contribution < 1.29 is 23.0 Å². The van der Waals surface area contributed by atoms with Gasteiger partial charge in [0, 0.05) is 13.1 Å². The summed E-state index contributed by atoms with van der Waals surface area (Å²) in [5.41, 5.74) is 0.861. The minimum absolute atomic E-state index is 0.229. The van der Waals surface area contributed by atoms with Crippen LogP contribution in [0.3, 0.4) is 0 Å². The van der Waals surface area contributed by atoms with Gasteiger partial charge in [-0.2, -0.15) is 0 Å². The van der Waals surface area contributed by atoms with Crippen molar-refractivity contribution in [1.29, 1.82) is 0 Å². The van der Waals surface area contributed by atoms with Crippen molar-refractivity contribution in [3.63, 3.8) is 0 Å². The fourth-order valence-corrected chi connectivity index (χ4v) is 1.66. The fraction of sp³-hybridized carbons (Fsp3) is 0.538. The van der Waals surface area contributed by atoms with Gasteiger partial charge in [0.25, 0.3) is 0 Å². The van der Waals surface area contributed by atoms with Crippen LogP contribution < -0.4 is 4.74 Å². The van der Waals surface area contributed by atoms with Crippen molar-refractivity contribution in [3.05, 3.63) is 29.8 Å². The first-order valence-corrected chi connectivity index (χ1v) is 6.01. The third-order valence-electron chi connectivity index (χ3n) is 2.60. The lowest BCUT2D eigenvalue weighted by atomic mass is 10.2. The number of ether oxygens (including phenoxy) is 1. The molecule has 108 valence electrons. The van der Waals surface area contributed by atoms with E-state index in [0.29, 0.717) is 19.5 Å². The highest BCUT2D eigenvalue weighted by Gasteiger charge is 2.30. The first-order valence-electron chi connectivity index (χ1n) is 6.01. The Morgan fingerprint density at radius 1 is 1.26 bits per heavy atom. The molecule has 0 saturated carbocycles. The zero-order chi connectivity index (χ0) is 14.5. The lowest BCUT2D eigenvalue weighted by Crippen LogP contribution is -2.28. The average molecular weight is 277 g/mol. The summed E-state index contributed by atoms with van der Waals surface area (Å²) in [5.74, 6) is -0.229. The predicted octanol–water partition coefficient (Wildman–Crippen LogP) is 2.79. The summed E-state index contributed by atoms with van der Waals surface area (Å²) in [7, 11) is 1.85. The molecule has 1 aromatic rings. The standard InChI is InChI=1S/C13H18F3NO2/c1-3-11(18)9-17(2)8-10-4-6-12(7-5-10)19-13(14,15)16/h4-7,11,18H,3,8-9H2,1-2H3. The summed E-state index contributed by atoms with van der Waals surface area (Å²) in [6.07, 6.45) is -4.38. The normalized spacial score (nSPS) is 13.6. The molecule has 1 aromatic carbocycles. The number of aliphatic hydroxyl groups is 1. The Kier molecular flexibility index (Phi) is 5.62. The van der Waals surface area contributed by atoms with Gasteiger partial charge in [-0.1, -0.05) is 19.1 Å². The van der Waals surface area contributed by atoms with Gasteiger partial charge in [-0.05, 0) is 31.2 Å². The van der Waals surface area contributed by atoms with Crippen LogP contribution in [0, 0.1) is 0 Å². The van der Waals surface area contributed by atoms with E-state index in [4.69, 9.17) is 0 Å². The first-order chi connectivity index (χ1) is 8.80. The number of benzene rings is 1. The number of rotatable bonds is 6. The fourth-order valence-electron chi connectivity index (χ4n) is 1.66. The molecule has 1 atom stereocenters. The van der Waals surface area contributed by atoms with Crippen LogP contribution in [0.1, 0.15) is 18.9 Å². The second-order valence-electron chi connectivity index (χ2n) is 4.45. The number of alkyl halides is 3. The molecule has 0 aromatic heterocycles. The molecule has 6 heteroatoms. The monoisotopic (exact) mass is 277 g/mol. The van der Waals surface area contributed by atoms with Gasteiger partial charge in [0.15, 0.2) is 0 Å². The molecule has 1 rings (SSSR count). The van der Waals surface area contributed by atoms with Crippen molar-refractivity contribution in [2.24, 2.45) is 0 Å². The maximum Gasteiger partial charge on any atom is 0.573 e. The summed E-state index contributed by atoms with van der Waals surface area (Å²) >= 11 is 0. The molecule has 0 bridgehead atoms. The predicted molar refractivity (Wildman–Crippen MR) is 65.8 cm³/mol. The van der Waals surface area contributed by atoms with Gasteiger partial charge in [-0.25, -0.2) is 0 Å². The van der Waals surface area contributed by atoms with E-state index in [-0.39, 0.29) is 5.75 Å². The molecular formula is C13H18F3NO2. The first kappa shape index (κ1) is 15.8. The Balaban J connectivity index is 2.52. The molecular weight excluding hydrogens is 259 g/mol. The molecule has 0 amide bonds. The van der Waals surface area contributed by atoms with E-state index in [1.54, 1.807) is 12.1 Å². The largest absolute Gasteiger partial charge is 0.573 e. The van der Waals surface area contributed by atoms with Crippen molar-refractivity contribution in [3.8, 4) is 5.75 Å². The Labute approximate surface area is 110 Å². The number of nitrogens with zero attached hydrogens (tertiary/aromatic N) is 1. The Morgan fingerprint density at radius 3 is 2.32 bits per heavy atom. The highest BCUT2D eigenvalue weighted by molar-refractivity contribution is 5.27. The van der Waals surface area contributed by atoms with Crippen LogP contribution in [0.15, 0.2) is 24.3 Å². The van der Waals surface area contributed by atoms with Gasteiger partial charge in [-0.15, -0.1) is 13.2 Å². The number of halogens is 3. The van der Waals surface area contributed by atoms with E-state index in [1.807, 2.05) is 18.9 Å². The molecule has 0 aliphatic carbocycles. The van der Waals surface area contributed by atoms with Crippen molar-refractivity contribution in [1.82, 2.24) is 4.90 Å². The van der Waals surface area contributed by atoms with Crippen molar-refractivity contribution >= 4 is 0 Å². The summed E-state index contributed by atoms with van der Waals surface area (Å²) in [4.78, 5) is 1.91. The van der Waals surface area contributed by atoms with E-state index in [0.717, 1.165) is 5.56 Å². The summed E-state index contributed by atoms with van der Waals surface area (Å²) < 4.78 is 39.7. The van der Waals surface area contributed by atoms with E-state index < -0.39 is 12.5 Å². The van der Waals surface area contributed by atoms with Crippen LogP contribution in [-0.4, -0.2) is 36.1 Å². The highest BCUT2D eigenvalue weighted by Crippen LogP contribution is 2.22. The van der Waals surface area contributed by atoms with E-state index in [1.165, 1.54) is 12.1 Å². The third kappa shape index (κ3) is 6.45. The summed E-state index contributed by atoms with van der Waals surface area (Å²) in [6, 6.07) is 5.73. The van der Waals surface area contributed by atoms with E-state index >= 15 is 0 Å². The number of aliphatic hydroxyl groups excluding tert-OH is 1. The Hall–Kier alpha value is -1.27. The molecule has 0 spiro atoms. The highest BCUT2D eigenvalue weighted by atomic mass is 19.4. The Bertz CT molecular complexity index is 378. The minimum atomic E-state index is -4.66. The maximum absolute atomic E-state index is 12.0. The van der Waals surface area contributed by atoms with Crippen LogP contribution in [0.5, 0.6) is 5.75 Å². The number of hydrogen-bond acceptors (Lipinski definition) is 3. The molecule has 1 unspecified atom stereocenters. The van der Waals surface area contributed by atoms with Crippen LogP contribution >= 0.6 is 0 Å². The SMILES string of the molecule is CCC(O)CN(C)Cc1ccc(OC(F)(F)F)cc1. The Morgan fingerprint density at radius 2 is 1.84 bits per heavy atom. The van der Waals surface area contributed by atoms with Gasteiger partial charge in [0.1, 0.15) is 5.75 Å². The second-order valence-corrected chi connectivity index (χ2v) is 4.45. The molecule has 3 nitrogen and oxygen atoms in total. The number of hydrogen-bond donors (Lipinski definition) is 1. The van der Waals surface area contributed by atoms with Crippen molar-refractivity contribution in [2.75, 3.05) is 13.6 Å². The van der Waals surface area contributed by atoms with Gasteiger partial charge in [0.05, 0.1) is 6.10 Å². The lowest BCUT2D eigenvalue weighted by Gasteiger charge is -2.19. The molecule has 0 heterocycles. The average Bonchev–Trinajstić information content (AvgIpc) is 2.29. The van der Waals surface area contributed by atoms with Gasteiger partial charge in [-0.3, -0.25) is 4.90 Å². The van der Waals surface area contributed by atoms with E-state index in [2.05, 4.69) is 4.74 Å². The smallest absolute Gasteiger partial charge is 0.406 e. The van der Waals surface area contributed by atoms with Crippen LogP contribution in [0.4, 0.5) is 13.2 Å². The second kappa shape index (κ2) is 6.77. The molecule has 0 aliphatic rings. The maximum atomic E-state index is 12.0. The van der Waals surface area contributed by atoms with Crippen molar-refractivity contribution in [2.45, 2.75) is 32.4 Å². The quantitative estimate of drug-likeness (QED) is 0.868. The summed E-state index contributed by atoms with van der Waals surface area (Å²) in [6.45, 7) is 2.97. The van der Waals surface area contributed by atoms with E-state index in [9.17, 15) is 18.3 Å². The molecule has 1 N–H and O–H groups in total. The van der Waals surface area contributed by atoms with Gasteiger partial charge >= 0.3 is 6.36 Å². The summed E-state index contributed by atoms with van der Waals surface area (Å²) in [5, 5.41) is 9.49. The lowest BCUT2D eigenvalue weighted by molar-refractivity contribution is -0.274. The van der Waals surface area contributed by atoms with Crippen LogP contribution in [0.2, 0.25) is 0 Å². The number of likely N-dealkylation sites (N-methyl/N-ethyl adjacent to an activating group) is 1. The molecule has 0 radical (unpaired) electrons. The topological polar surface area (TPSA) is 32.7 Å². The molecule has 0 aliphatic heterocycles. The van der Waals surface area contributed by atoms with Gasteiger partial charge in [0.2, 0.25) is 0 Å². The minimum Gasteiger partial charge on any atom is -0.406 e. The zero-order valence-corrected chi connectivity index (χ0v) is 10.9. The molecule has 0 saturated heterocycles. The third-order valence-corrected chi connectivity index (χ3v) is 2.60. The molecule has 19 heavy (non-hydrogen) atoms. The molecule has 0 fully saturated rings.